The van der Waals surface area contributed by atoms with Crippen molar-refractivity contribution in [3.05, 3.63) is 35.9 Å². The van der Waals surface area contributed by atoms with Crippen LogP contribution in [0, 0.1) is 0 Å². The van der Waals surface area contributed by atoms with Crippen molar-refractivity contribution in [1.82, 2.24) is 4.31 Å². The molecule has 0 amide bonds. The third-order valence-electron chi connectivity index (χ3n) is 1.96. The smallest absolute Gasteiger partial charge is 0.212 e. The first-order chi connectivity index (χ1) is 8.14. The minimum atomic E-state index is -3.86. The van der Waals surface area contributed by atoms with Crippen molar-refractivity contribution in [1.29, 1.82) is 0 Å². The SMILES string of the molecule is [2H]C([2H])([2H])N(C(C)C)S(=O)(=O)Cc1ccccc1. The molecule has 0 spiro atoms. The van der Waals surface area contributed by atoms with Gasteiger partial charge in [-0.2, -0.15) is 0 Å². The van der Waals surface area contributed by atoms with Crippen molar-refractivity contribution in [2.75, 3.05) is 6.98 Å². The summed E-state index contributed by atoms with van der Waals surface area (Å²) in [6, 6.07) is 7.94. The molecular weight excluding hydrogens is 210 g/mol. The summed E-state index contributed by atoms with van der Waals surface area (Å²) in [6.07, 6.45) is 0. The molecule has 0 saturated heterocycles. The second-order valence-corrected chi connectivity index (χ2v) is 5.48. The highest BCUT2D eigenvalue weighted by Crippen LogP contribution is 2.11. The predicted octanol–water partition coefficient (Wildman–Crippen LogP) is 1.86. The van der Waals surface area contributed by atoms with Gasteiger partial charge in [0.2, 0.25) is 10.0 Å². The molecule has 0 aliphatic carbocycles. The van der Waals surface area contributed by atoms with E-state index in [9.17, 15) is 8.42 Å². The van der Waals surface area contributed by atoms with Gasteiger partial charge in [0, 0.05) is 17.1 Å². The Balaban J connectivity index is 3.05. The number of hydrogen-bond acceptors (Lipinski definition) is 2. The van der Waals surface area contributed by atoms with Gasteiger partial charge in [0.15, 0.2) is 0 Å². The highest BCUT2D eigenvalue weighted by Gasteiger charge is 2.20. The summed E-state index contributed by atoms with van der Waals surface area (Å²) >= 11 is 0. The molecule has 15 heavy (non-hydrogen) atoms. The van der Waals surface area contributed by atoms with Crippen LogP contribution in [0.3, 0.4) is 0 Å². The molecule has 84 valence electrons. The van der Waals surface area contributed by atoms with Crippen molar-refractivity contribution in [3.63, 3.8) is 0 Å². The summed E-state index contributed by atoms with van der Waals surface area (Å²) in [6.45, 7) is 0.450. The van der Waals surface area contributed by atoms with E-state index in [1.165, 1.54) is 0 Å². The Hall–Kier alpha value is -0.870. The molecule has 0 bridgehead atoms. The van der Waals surface area contributed by atoms with Crippen molar-refractivity contribution in [2.24, 2.45) is 0 Å². The fourth-order valence-electron chi connectivity index (χ4n) is 1.18. The van der Waals surface area contributed by atoms with Crippen LogP contribution in [-0.4, -0.2) is 25.7 Å². The number of sulfonamides is 1. The van der Waals surface area contributed by atoms with Crippen LogP contribution in [0.5, 0.6) is 0 Å². The Morgan fingerprint density at radius 2 is 1.93 bits per heavy atom. The molecule has 0 aromatic heterocycles. The molecule has 1 aromatic carbocycles. The second-order valence-electron chi connectivity index (χ2n) is 3.63. The Bertz CT molecular complexity index is 483. The molecule has 0 radical (unpaired) electrons. The average molecular weight is 230 g/mol. The zero-order valence-corrected chi connectivity index (χ0v) is 9.66. The zero-order valence-electron chi connectivity index (χ0n) is 11.8. The summed E-state index contributed by atoms with van der Waals surface area (Å²) in [4.78, 5) is 0. The number of benzene rings is 1. The monoisotopic (exact) mass is 230 g/mol. The van der Waals surface area contributed by atoms with Crippen LogP contribution in [-0.2, 0) is 15.8 Å². The van der Waals surface area contributed by atoms with E-state index in [0.29, 0.717) is 9.87 Å². The van der Waals surface area contributed by atoms with Crippen LogP contribution >= 0.6 is 0 Å². The molecule has 4 heteroatoms. The Labute approximate surface area is 96.0 Å². The van der Waals surface area contributed by atoms with E-state index in [1.807, 2.05) is 0 Å². The van der Waals surface area contributed by atoms with Gasteiger partial charge in [-0.1, -0.05) is 30.3 Å². The van der Waals surface area contributed by atoms with E-state index in [-0.39, 0.29) is 5.75 Å². The molecule has 0 aliphatic heterocycles. The lowest BCUT2D eigenvalue weighted by atomic mass is 10.2. The van der Waals surface area contributed by atoms with Crippen LogP contribution in [0.4, 0.5) is 0 Å². The van der Waals surface area contributed by atoms with Gasteiger partial charge in [0.1, 0.15) is 0 Å². The summed E-state index contributed by atoms with van der Waals surface area (Å²) in [5, 5.41) is 0. The van der Waals surface area contributed by atoms with Gasteiger partial charge >= 0.3 is 0 Å². The molecule has 0 unspecified atom stereocenters. The molecule has 0 aliphatic rings. The van der Waals surface area contributed by atoms with Gasteiger partial charge in [-0.15, -0.1) is 0 Å². The Kier molecular flexibility index (Phi) is 2.64. The number of nitrogens with zero attached hydrogens (tertiary/aromatic N) is 1. The van der Waals surface area contributed by atoms with E-state index in [0.717, 1.165) is 0 Å². The lowest BCUT2D eigenvalue weighted by Gasteiger charge is -2.20. The van der Waals surface area contributed by atoms with E-state index < -0.39 is 23.0 Å². The van der Waals surface area contributed by atoms with Crippen LogP contribution < -0.4 is 0 Å². The van der Waals surface area contributed by atoms with Gasteiger partial charge in [0.05, 0.1) is 5.75 Å². The summed E-state index contributed by atoms with van der Waals surface area (Å²) < 4.78 is 46.9. The quantitative estimate of drug-likeness (QED) is 0.791. The molecule has 1 aromatic rings. The minimum absolute atomic E-state index is 0.301. The summed E-state index contributed by atoms with van der Waals surface area (Å²) in [5.41, 5.74) is 0.576. The standard InChI is InChI=1S/C11H17NO2S/c1-10(2)12(3)15(13,14)9-11-7-5-4-6-8-11/h4-8,10H,9H2,1-3H3/i3D3. The van der Waals surface area contributed by atoms with Crippen LogP contribution in [0.1, 0.15) is 23.5 Å². The first kappa shape index (κ1) is 8.30. The number of hydrogen-bond donors (Lipinski definition) is 0. The number of rotatable bonds is 4. The van der Waals surface area contributed by atoms with E-state index in [4.69, 9.17) is 4.11 Å². The van der Waals surface area contributed by atoms with E-state index in [2.05, 4.69) is 0 Å². The maximum Gasteiger partial charge on any atom is 0.218 e. The topological polar surface area (TPSA) is 37.4 Å². The van der Waals surface area contributed by atoms with Gasteiger partial charge < -0.3 is 0 Å². The lowest BCUT2D eigenvalue weighted by Crippen LogP contribution is -2.33. The maximum atomic E-state index is 12.2. The van der Waals surface area contributed by atoms with Gasteiger partial charge in [-0.05, 0) is 19.4 Å². The molecule has 0 saturated carbocycles. The largest absolute Gasteiger partial charge is 0.218 e. The molecule has 1 rings (SSSR count). The molecule has 0 fully saturated rings. The van der Waals surface area contributed by atoms with Gasteiger partial charge in [-0.3, -0.25) is 0 Å². The van der Waals surface area contributed by atoms with E-state index >= 15 is 0 Å². The first-order valence-electron chi connectivity index (χ1n) is 6.21. The normalized spacial score (nSPS) is 16.1. The molecule has 0 heterocycles. The molecule has 0 N–H and O–H groups in total. The third kappa shape index (κ3) is 3.32. The zero-order chi connectivity index (χ0) is 14.0. The first-order valence-corrected chi connectivity index (χ1v) is 6.31. The Morgan fingerprint density at radius 1 is 1.33 bits per heavy atom. The Morgan fingerprint density at radius 3 is 2.40 bits per heavy atom. The highest BCUT2D eigenvalue weighted by atomic mass is 32.2. The van der Waals surface area contributed by atoms with Crippen molar-refractivity contribution < 1.29 is 12.5 Å². The van der Waals surface area contributed by atoms with Gasteiger partial charge in [0.25, 0.3) is 0 Å². The average Bonchev–Trinajstić information content (AvgIpc) is 2.13. The minimum Gasteiger partial charge on any atom is -0.212 e. The third-order valence-corrected chi connectivity index (χ3v) is 3.68. The highest BCUT2D eigenvalue weighted by molar-refractivity contribution is 7.88. The molecular formula is C11H17NO2S. The summed E-state index contributed by atoms with van der Waals surface area (Å²) in [5.74, 6) is -0.301. The molecule has 0 atom stereocenters. The van der Waals surface area contributed by atoms with Crippen molar-refractivity contribution in [2.45, 2.75) is 25.6 Å². The van der Waals surface area contributed by atoms with Crippen LogP contribution in [0.2, 0.25) is 0 Å². The van der Waals surface area contributed by atoms with Crippen molar-refractivity contribution in [3.8, 4) is 0 Å². The fourth-order valence-corrected chi connectivity index (χ4v) is 2.57. The lowest BCUT2D eigenvalue weighted by molar-refractivity contribution is 0.410. The second kappa shape index (κ2) is 4.77. The molecule has 3 nitrogen and oxygen atoms in total. The van der Waals surface area contributed by atoms with Crippen molar-refractivity contribution >= 4 is 10.0 Å². The van der Waals surface area contributed by atoms with Crippen LogP contribution in [0.15, 0.2) is 30.3 Å². The maximum absolute atomic E-state index is 12.2. The van der Waals surface area contributed by atoms with E-state index in [1.54, 1.807) is 44.2 Å². The predicted molar refractivity (Wildman–Crippen MR) is 62.0 cm³/mol. The van der Waals surface area contributed by atoms with Crippen LogP contribution in [0.25, 0.3) is 0 Å². The fraction of sp³-hybridized carbons (Fsp3) is 0.455. The summed E-state index contributed by atoms with van der Waals surface area (Å²) in [7, 11) is -3.86. The van der Waals surface area contributed by atoms with Gasteiger partial charge in [-0.25, -0.2) is 12.7 Å².